The zero-order valence-electron chi connectivity index (χ0n) is 12.2. The number of aromatic nitrogens is 2. The SMILES string of the molecule is CC(Cc1ccc(Cl)cc1)N(C)CCCn1ccnc1. The van der Waals surface area contributed by atoms with E-state index in [1.165, 1.54) is 5.56 Å². The second kappa shape index (κ2) is 7.46. The fraction of sp³-hybridized carbons (Fsp3) is 0.438. The fourth-order valence-corrected chi connectivity index (χ4v) is 2.39. The highest BCUT2D eigenvalue weighted by Gasteiger charge is 2.09. The first-order chi connectivity index (χ1) is 9.65. The smallest absolute Gasteiger partial charge is 0.0945 e. The summed E-state index contributed by atoms with van der Waals surface area (Å²) in [5.41, 5.74) is 1.34. The molecule has 1 heterocycles. The van der Waals surface area contributed by atoms with E-state index in [1.54, 1.807) is 0 Å². The number of hydrogen-bond acceptors (Lipinski definition) is 2. The highest BCUT2D eigenvalue weighted by atomic mass is 35.5. The van der Waals surface area contributed by atoms with E-state index in [0.717, 1.165) is 31.0 Å². The van der Waals surface area contributed by atoms with Crippen LogP contribution in [0, 0.1) is 0 Å². The Morgan fingerprint density at radius 1 is 1.30 bits per heavy atom. The highest BCUT2D eigenvalue weighted by Crippen LogP contribution is 2.13. The molecule has 0 aliphatic rings. The van der Waals surface area contributed by atoms with Gasteiger partial charge in [-0.25, -0.2) is 4.98 Å². The highest BCUT2D eigenvalue weighted by molar-refractivity contribution is 6.30. The van der Waals surface area contributed by atoms with Crippen LogP contribution in [-0.4, -0.2) is 34.1 Å². The fourth-order valence-electron chi connectivity index (χ4n) is 2.26. The van der Waals surface area contributed by atoms with E-state index in [-0.39, 0.29) is 0 Å². The van der Waals surface area contributed by atoms with Crippen molar-refractivity contribution in [1.82, 2.24) is 14.5 Å². The van der Waals surface area contributed by atoms with Crippen LogP contribution in [0.5, 0.6) is 0 Å². The van der Waals surface area contributed by atoms with Crippen molar-refractivity contribution in [2.24, 2.45) is 0 Å². The van der Waals surface area contributed by atoms with Gasteiger partial charge >= 0.3 is 0 Å². The lowest BCUT2D eigenvalue weighted by Crippen LogP contribution is -2.32. The van der Waals surface area contributed by atoms with Gasteiger partial charge < -0.3 is 9.47 Å². The van der Waals surface area contributed by atoms with Crippen LogP contribution < -0.4 is 0 Å². The molecule has 1 unspecified atom stereocenters. The molecule has 4 heteroatoms. The number of aryl methyl sites for hydroxylation is 1. The molecule has 0 aliphatic carbocycles. The van der Waals surface area contributed by atoms with Gasteiger partial charge in [0.05, 0.1) is 6.33 Å². The molecule has 20 heavy (non-hydrogen) atoms. The van der Waals surface area contributed by atoms with E-state index < -0.39 is 0 Å². The number of rotatable bonds is 7. The lowest BCUT2D eigenvalue weighted by Gasteiger charge is -2.24. The average Bonchev–Trinajstić information content (AvgIpc) is 2.94. The molecule has 0 N–H and O–H groups in total. The third-order valence-corrected chi connectivity index (χ3v) is 3.94. The largest absolute Gasteiger partial charge is 0.337 e. The molecule has 2 rings (SSSR count). The summed E-state index contributed by atoms with van der Waals surface area (Å²) in [6.45, 7) is 4.39. The van der Waals surface area contributed by atoms with Crippen LogP contribution in [0.3, 0.4) is 0 Å². The second-order valence-electron chi connectivity index (χ2n) is 5.31. The van der Waals surface area contributed by atoms with Crippen molar-refractivity contribution in [3.8, 4) is 0 Å². The van der Waals surface area contributed by atoms with Gasteiger partial charge in [0.15, 0.2) is 0 Å². The van der Waals surface area contributed by atoms with Gasteiger partial charge in [0.2, 0.25) is 0 Å². The molecule has 0 bridgehead atoms. The third-order valence-electron chi connectivity index (χ3n) is 3.68. The number of benzene rings is 1. The molecule has 0 saturated carbocycles. The van der Waals surface area contributed by atoms with Crippen molar-refractivity contribution in [3.05, 3.63) is 53.6 Å². The summed E-state index contributed by atoms with van der Waals surface area (Å²) in [4.78, 5) is 6.46. The van der Waals surface area contributed by atoms with E-state index in [1.807, 2.05) is 30.9 Å². The van der Waals surface area contributed by atoms with Gasteiger partial charge in [0.25, 0.3) is 0 Å². The summed E-state index contributed by atoms with van der Waals surface area (Å²) in [6, 6.07) is 8.67. The number of nitrogens with zero attached hydrogens (tertiary/aromatic N) is 3. The Bertz CT molecular complexity index is 493. The number of likely N-dealkylation sites (N-methyl/N-ethyl adjacent to an activating group) is 1. The predicted octanol–water partition coefficient (Wildman–Crippen LogP) is 3.49. The van der Waals surface area contributed by atoms with E-state index in [2.05, 4.69) is 40.6 Å². The van der Waals surface area contributed by atoms with Crippen LogP contribution in [0.4, 0.5) is 0 Å². The molecule has 2 aromatic rings. The van der Waals surface area contributed by atoms with Gasteiger partial charge in [-0.3, -0.25) is 0 Å². The van der Waals surface area contributed by atoms with E-state index >= 15 is 0 Å². The van der Waals surface area contributed by atoms with Crippen LogP contribution in [-0.2, 0) is 13.0 Å². The topological polar surface area (TPSA) is 21.1 Å². The maximum absolute atomic E-state index is 5.91. The van der Waals surface area contributed by atoms with Gasteiger partial charge in [0.1, 0.15) is 0 Å². The molecule has 0 radical (unpaired) electrons. The van der Waals surface area contributed by atoms with E-state index in [0.29, 0.717) is 6.04 Å². The standard InChI is InChI=1S/C16H22ClN3/c1-14(12-15-4-6-16(17)7-5-15)19(2)9-3-10-20-11-8-18-13-20/h4-8,11,13-14H,3,9-10,12H2,1-2H3. The maximum atomic E-state index is 5.91. The van der Waals surface area contributed by atoms with Gasteiger partial charge in [-0.05, 0) is 51.1 Å². The van der Waals surface area contributed by atoms with Crippen molar-refractivity contribution >= 4 is 11.6 Å². The first kappa shape index (κ1) is 15.1. The Kier molecular flexibility index (Phi) is 5.62. The monoisotopic (exact) mass is 291 g/mol. The second-order valence-corrected chi connectivity index (χ2v) is 5.75. The van der Waals surface area contributed by atoms with Crippen LogP contribution in [0.15, 0.2) is 43.0 Å². The molecule has 108 valence electrons. The van der Waals surface area contributed by atoms with Crippen LogP contribution in [0.25, 0.3) is 0 Å². The van der Waals surface area contributed by atoms with Crippen LogP contribution >= 0.6 is 11.6 Å². The van der Waals surface area contributed by atoms with Gasteiger partial charge in [0, 0.05) is 30.0 Å². The third kappa shape index (κ3) is 4.66. The molecule has 0 aliphatic heterocycles. The zero-order chi connectivity index (χ0) is 14.4. The Balaban J connectivity index is 1.73. The summed E-state index contributed by atoms with van der Waals surface area (Å²) in [7, 11) is 2.19. The van der Waals surface area contributed by atoms with Gasteiger partial charge in [-0.2, -0.15) is 0 Å². The Labute approximate surface area is 126 Å². The molecule has 0 fully saturated rings. The summed E-state index contributed by atoms with van der Waals surface area (Å²) < 4.78 is 2.12. The Hall–Kier alpha value is -1.32. The minimum Gasteiger partial charge on any atom is -0.337 e. The summed E-state index contributed by atoms with van der Waals surface area (Å²) in [5.74, 6) is 0. The number of halogens is 1. The lowest BCUT2D eigenvalue weighted by atomic mass is 10.1. The lowest BCUT2D eigenvalue weighted by molar-refractivity contribution is 0.249. The summed E-state index contributed by atoms with van der Waals surface area (Å²) >= 11 is 5.91. The van der Waals surface area contributed by atoms with Crippen molar-refractivity contribution in [2.75, 3.05) is 13.6 Å². The van der Waals surface area contributed by atoms with Crippen molar-refractivity contribution in [1.29, 1.82) is 0 Å². The predicted molar refractivity (Wildman–Crippen MR) is 84.1 cm³/mol. The Morgan fingerprint density at radius 2 is 2.05 bits per heavy atom. The number of hydrogen-bond donors (Lipinski definition) is 0. The molecule has 0 saturated heterocycles. The maximum Gasteiger partial charge on any atom is 0.0945 e. The molecule has 0 spiro atoms. The van der Waals surface area contributed by atoms with E-state index in [9.17, 15) is 0 Å². The molecule has 3 nitrogen and oxygen atoms in total. The quantitative estimate of drug-likeness (QED) is 0.779. The van der Waals surface area contributed by atoms with Crippen molar-refractivity contribution < 1.29 is 0 Å². The summed E-state index contributed by atoms with van der Waals surface area (Å²) in [6.07, 6.45) is 7.90. The van der Waals surface area contributed by atoms with E-state index in [4.69, 9.17) is 11.6 Å². The first-order valence-corrected chi connectivity index (χ1v) is 7.43. The molecular formula is C16H22ClN3. The molecule has 1 aromatic heterocycles. The molecule has 0 amide bonds. The van der Waals surface area contributed by atoms with Crippen molar-refractivity contribution in [2.45, 2.75) is 32.4 Å². The minimum atomic E-state index is 0.527. The first-order valence-electron chi connectivity index (χ1n) is 7.05. The van der Waals surface area contributed by atoms with Gasteiger partial charge in [-0.1, -0.05) is 23.7 Å². The normalized spacial score (nSPS) is 12.8. The molecule has 1 aromatic carbocycles. The molecular weight excluding hydrogens is 270 g/mol. The Morgan fingerprint density at radius 3 is 2.70 bits per heavy atom. The minimum absolute atomic E-state index is 0.527. The zero-order valence-corrected chi connectivity index (χ0v) is 12.9. The van der Waals surface area contributed by atoms with Crippen molar-refractivity contribution in [3.63, 3.8) is 0 Å². The molecule has 1 atom stereocenters. The summed E-state index contributed by atoms with van der Waals surface area (Å²) in [5, 5.41) is 0.801. The number of imidazole rings is 1. The van der Waals surface area contributed by atoms with Gasteiger partial charge in [-0.15, -0.1) is 0 Å². The van der Waals surface area contributed by atoms with Crippen LogP contribution in [0.1, 0.15) is 18.9 Å². The van der Waals surface area contributed by atoms with Crippen LogP contribution in [0.2, 0.25) is 5.02 Å². The average molecular weight is 292 g/mol.